The molecule has 0 aromatic heterocycles. The van der Waals surface area contributed by atoms with E-state index in [2.05, 4.69) is 4.72 Å². The summed E-state index contributed by atoms with van der Waals surface area (Å²) in [6.45, 7) is 3.29. The molecule has 0 heterocycles. The molecule has 134 valence electrons. The van der Waals surface area contributed by atoms with Crippen LogP contribution in [0.25, 0.3) is 0 Å². The number of sulfonamides is 1. The van der Waals surface area contributed by atoms with Crippen LogP contribution in [0.5, 0.6) is 11.5 Å². The lowest BCUT2D eigenvalue weighted by Gasteiger charge is -2.14. The highest BCUT2D eigenvalue weighted by molar-refractivity contribution is 7.92. The molecule has 7 nitrogen and oxygen atoms in total. The molecule has 0 saturated carbocycles. The Balaban J connectivity index is 2.48. The largest absolute Gasteiger partial charge is 0.493 e. The standard InChI is InChI=1S/C17H19NO6S/c1-10-7-12(17(19)20)8-16(11(10)2)25(21,22)18-13-5-6-14(23-3)15(9-13)24-4/h5-9,18H,1-4H3,(H,19,20). The van der Waals surface area contributed by atoms with E-state index in [0.717, 1.165) is 6.07 Å². The van der Waals surface area contributed by atoms with Crippen molar-refractivity contribution in [2.75, 3.05) is 18.9 Å². The van der Waals surface area contributed by atoms with Crippen molar-refractivity contribution >= 4 is 21.7 Å². The van der Waals surface area contributed by atoms with Crippen molar-refractivity contribution in [3.8, 4) is 11.5 Å². The summed E-state index contributed by atoms with van der Waals surface area (Å²) in [5.41, 5.74) is 1.25. The minimum atomic E-state index is -3.98. The Morgan fingerprint density at radius 3 is 2.24 bits per heavy atom. The third kappa shape index (κ3) is 3.85. The van der Waals surface area contributed by atoms with Crippen LogP contribution in [0.15, 0.2) is 35.2 Å². The van der Waals surface area contributed by atoms with Gasteiger partial charge in [0.15, 0.2) is 11.5 Å². The molecule has 0 atom stereocenters. The third-order valence-electron chi connectivity index (χ3n) is 3.79. The van der Waals surface area contributed by atoms with E-state index in [0.29, 0.717) is 22.6 Å². The Hall–Kier alpha value is -2.74. The van der Waals surface area contributed by atoms with Gasteiger partial charge in [0.1, 0.15) is 0 Å². The van der Waals surface area contributed by atoms with Crippen LogP contribution in [0.3, 0.4) is 0 Å². The van der Waals surface area contributed by atoms with Crippen LogP contribution in [-0.4, -0.2) is 33.7 Å². The van der Waals surface area contributed by atoms with Gasteiger partial charge in [-0.15, -0.1) is 0 Å². The second-order valence-corrected chi connectivity index (χ2v) is 7.05. The van der Waals surface area contributed by atoms with Crippen molar-refractivity contribution in [1.29, 1.82) is 0 Å². The maximum atomic E-state index is 12.7. The van der Waals surface area contributed by atoms with Crippen LogP contribution in [0.4, 0.5) is 5.69 Å². The second kappa shape index (κ2) is 7.02. The van der Waals surface area contributed by atoms with Crippen molar-refractivity contribution in [2.45, 2.75) is 18.7 Å². The number of methoxy groups -OCH3 is 2. The van der Waals surface area contributed by atoms with Gasteiger partial charge in [-0.2, -0.15) is 0 Å². The minimum absolute atomic E-state index is 0.0836. The Morgan fingerprint density at radius 1 is 1.04 bits per heavy atom. The van der Waals surface area contributed by atoms with Crippen molar-refractivity contribution in [1.82, 2.24) is 0 Å². The van der Waals surface area contributed by atoms with Gasteiger partial charge in [0.05, 0.1) is 30.4 Å². The number of rotatable bonds is 6. The molecule has 2 N–H and O–H groups in total. The van der Waals surface area contributed by atoms with E-state index in [-0.39, 0.29) is 16.1 Å². The van der Waals surface area contributed by atoms with Gasteiger partial charge in [-0.3, -0.25) is 4.72 Å². The summed E-state index contributed by atoms with van der Waals surface area (Å²) in [4.78, 5) is 11.1. The number of aryl methyl sites for hydroxylation is 1. The molecule has 2 aromatic rings. The van der Waals surface area contributed by atoms with Crippen LogP contribution in [0.2, 0.25) is 0 Å². The smallest absolute Gasteiger partial charge is 0.335 e. The van der Waals surface area contributed by atoms with Crippen LogP contribution >= 0.6 is 0 Å². The summed E-state index contributed by atoms with van der Waals surface area (Å²) in [5.74, 6) is -0.356. The highest BCUT2D eigenvalue weighted by Crippen LogP contribution is 2.31. The molecule has 8 heteroatoms. The number of carboxylic acids is 1. The van der Waals surface area contributed by atoms with Crippen LogP contribution < -0.4 is 14.2 Å². The number of carbonyl (C=O) groups is 1. The number of ether oxygens (including phenoxy) is 2. The zero-order valence-corrected chi connectivity index (χ0v) is 15.1. The molecule has 0 aliphatic heterocycles. The Bertz CT molecular complexity index is 921. The molecule has 2 rings (SSSR count). The van der Waals surface area contributed by atoms with E-state index in [1.165, 1.54) is 32.4 Å². The van der Waals surface area contributed by atoms with E-state index in [1.807, 2.05) is 0 Å². The summed E-state index contributed by atoms with van der Waals surface area (Å²) in [5, 5.41) is 9.16. The zero-order valence-electron chi connectivity index (χ0n) is 14.3. The van der Waals surface area contributed by atoms with Gasteiger partial charge < -0.3 is 14.6 Å². The first-order valence-electron chi connectivity index (χ1n) is 7.29. The Labute approximate surface area is 146 Å². The van der Waals surface area contributed by atoms with Crippen molar-refractivity contribution in [2.24, 2.45) is 0 Å². The Kier molecular flexibility index (Phi) is 5.22. The van der Waals surface area contributed by atoms with Crippen molar-refractivity contribution < 1.29 is 27.8 Å². The van der Waals surface area contributed by atoms with Crippen LogP contribution in [0.1, 0.15) is 21.5 Å². The van der Waals surface area contributed by atoms with Gasteiger partial charge in [0, 0.05) is 6.07 Å². The lowest BCUT2D eigenvalue weighted by Crippen LogP contribution is -2.16. The predicted molar refractivity (Wildman–Crippen MR) is 93.2 cm³/mol. The maximum Gasteiger partial charge on any atom is 0.335 e. The minimum Gasteiger partial charge on any atom is -0.493 e. The fourth-order valence-electron chi connectivity index (χ4n) is 2.34. The summed E-state index contributed by atoms with van der Waals surface area (Å²) in [6, 6.07) is 7.17. The molecule has 0 aliphatic rings. The predicted octanol–water partition coefficient (Wildman–Crippen LogP) is 2.82. The van der Waals surface area contributed by atoms with E-state index in [4.69, 9.17) is 14.6 Å². The number of hydrogen-bond acceptors (Lipinski definition) is 5. The first kappa shape index (κ1) is 18.6. The normalized spacial score (nSPS) is 11.0. The molecular formula is C17H19NO6S. The first-order chi connectivity index (χ1) is 11.7. The van der Waals surface area contributed by atoms with Crippen LogP contribution in [-0.2, 0) is 10.0 Å². The highest BCUT2D eigenvalue weighted by Gasteiger charge is 2.21. The number of aromatic carboxylic acids is 1. The van der Waals surface area contributed by atoms with Gasteiger partial charge in [-0.05, 0) is 49.2 Å². The first-order valence-corrected chi connectivity index (χ1v) is 8.77. The van der Waals surface area contributed by atoms with E-state index < -0.39 is 16.0 Å². The van der Waals surface area contributed by atoms with Gasteiger partial charge in [0.25, 0.3) is 10.0 Å². The van der Waals surface area contributed by atoms with Crippen LogP contribution in [0, 0.1) is 13.8 Å². The molecule has 0 aliphatic carbocycles. The summed E-state index contributed by atoms with van der Waals surface area (Å²) in [6.07, 6.45) is 0. The fraction of sp³-hybridized carbons (Fsp3) is 0.235. The fourth-order valence-corrected chi connectivity index (χ4v) is 3.73. The number of hydrogen-bond donors (Lipinski definition) is 2. The highest BCUT2D eigenvalue weighted by atomic mass is 32.2. The SMILES string of the molecule is COc1ccc(NS(=O)(=O)c2cc(C(=O)O)cc(C)c2C)cc1OC. The summed E-state index contributed by atoms with van der Waals surface area (Å²) in [7, 11) is -1.05. The van der Waals surface area contributed by atoms with Gasteiger partial charge in [0.2, 0.25) is 0 Å². The molecule has 0 spiro atoms. The van der Waals surface area contributed by atoms with Gasteiger partial charge >= 0.3 is 5.97 Å². The molecule has 0 bridgehead atoms. The molecule has 25 heavy (non-hydrogen) atoms. The number of carboxylic acid groups (broad SMARTS) is 1. The second-order valence-electron chi connectivity index (χ2n) is 5.40. The quantitative estimate of drug-likeness (QED) is 0.816. The molecule has 0 unspecified atom stereocenters. The molecule has 0 radical (unpaired) electrons. The average molecular weight is 365 g/mol. The summed E-state index contributed by atoms with van der Waals surface area (Å²) >= 11 is 0. The molecule has 0 saturated heterocycles. The average Bonchev–Trinajstić information content (AvgIpc) is 2.56. The maximum absolute atomic E-state index is 12.7. The third-order valence-corrected chi connectivity index (χ3v) is 5.30. The van der Waals surface area contributed by atoms with E-state index in [1.54, 1.807) is 19.9 Å². The molecule has 0 amide bonds. The Morgan fingerprint density at radius 2 is 1.68 bits per heavy atom. The molecular weight excluding hydrogens is 346 g/mol. The molecule has 0 fully saturated rings. The number of benzene rings is 2. The summed E-state index contributed by atoms with van der Waals surface area (Å²) < 4.78 is 38.2. The van der Waals surface area contributed by atoms with Gasteiger partial charge in [-0.25, -0.2) is 13.2 Å². The van der Waals surface area contributed by atoms with E-state index >= 15 is 0 Å². The van der Waals surface area contributed by atoms with Gasteiger partial charge in [-0.1, -0.05) is 0 Å². The zero-order chi connectivity index (χ0) is 18.8. The molecule has 2 aromatic carbocycles. The van der Waals surface area contributed by atoms with Crippen molar-refractivity contribution in [3.05, 3.63) is 47.0 Å². The number of nitrogens with one attached hydrogen (secondary N) is 1. The monoisotopic (exact) mass is 365 g/mol. The number of anilines is 1. The lowest BCUT2D eigenvalue weighted by atomic mass is 10.1. The van der Waals surface area contributed by atoms with E-state index in [9.17, 15) is 13.2 Å². The lowest BCUT2D eigenvalue weighted by molar-refractivity contribution is 0.0696. The topological polar surface area (TPSA) is 102 Å². The van der Waals surface area contributed by atoms with Crippen molar-refractivity contribution in [3.63, 3.8) is 0 Å².